The Morgan fingerprint density at radius 3 is 2.61 bits per heavy atom. The van der Waals surface area contributed by atoms with Crippen LogP contribution in [0.2, 0.25) is 10.0 Å². The van der Waals surface area contributed by atoms with Crippen LogP contribution in [0.15, 0.2) is 52.1 Å². The molecule has 4 nitrogen and oxygen atoms in total. The van der Waals surface area contributed by atoms with Gasteiger partial charge in [0.25, 0.3) is 5.56 Å². The van der Waals surface area contributed by atoms with Crippen LogP contribution in [0.4, 0.5) is 4.39 Å². The summed E-state index contributed by atoms with van der Waals surface area (Å²) in [7, 11) is 0. The Bertz CT molecular complexity index is 1340. The fraction of sp³-hybridized carbons (Fsp3) is 0.100. The second-order valence-electron chi connectivity index (χ2n) is 6.32. The van der Waals surface area contributed by atoms with E-state index in [1.807, 2.05) is 6.92 Å². The first-order valence-corrected chi connectivity index (χ1v) is 9.88. The van der Waals surface area contributed by atoms with Gasteiger partial charge in [0.05, 0.1) is 22.0 Å². The number of hydrogen-bond acceptors (Lipinski definition) is 3. The molecule has 0 aliphatic carbocycles. The zero-order valence-corrected chi connectivity index (χ0v) is 16.9. The number of rotatable bonds is 3. The molecule has 28 heavy (non-hydrogen) atoms. The standard InChI is InChI=1S/C20H13Cl2FN2O2S/c1-10-16(12-5-6-14(21)15(22)8-12)17-18(28-10)24-20(27)25(19(17)26)9-11-3-2-4-13(23)7-11/h2-8H,9H2,1H3,(H,24,27). The van der Waals surface area contributed by atoms with Crippen LogP contribution in [0.3, 0.4) is 0 Å². The predicted molar refractivity (Wildman–Crippen MR) is 112 cm³/mol. The Balaban J connectivity index is 1.96. The van der Waals surface area contributed by atoms with Crippen molar-refractivity contribution in [3.05, 3.63) is 89.6 Å². The van der Waals surface area contributed by atoms with Gasteiger partial charge in [0, 0.05) is 10.4 Å². The van der Waals surface area contributed by atoms with Gasteiger partial charge in [-0.25, -0.2) is 9.18 Å². The van der Waals surface area contributed by atoms with E-state index in [0.717, 1.165) is 15.0 Å². The van der Waals surface area contributed by atoms with E-state index in [0.29, 0.717) is 31.4 Å². The highest BCUT2D eigenvalue weighted by atomic mass is 35.5. The predicted octanol–water partition coefficient (Wildman–Crippen LogP) is 5.22. The summed E-state index contributed by atoms with van der Waals surface area (Å²) in [5, 5.41) is 1.19. The zero-order valence-electron chi connectivity index (χ0n) is 14.6. The molecule has 0 unspecified atom stereocenters. The fourth-order valence-corrected chi connectivity index (χ4v) is 4.55. The van der Waals surface area contributed by atoms with Crippen LogP contribution >= 0.6 is 34.5 Å². The molecule has 0 bridgehead atoms. The van der Waals surface area contributed by atoms with Gasteiger partial charge in [0.15, 0.2) is 0 Å². The maximum absolute atomic E-state index is 13.5. The van der Waals surface area contributed by atoms with Gasteiger partial charge in [-0.1, -0.05) is 41.4 Å². The molecule has 0 radical (unpaired) electrons. The molecule has 4 rings (SSSR count). The molecule has 0 spiro atoms. The Kier molecular flexibility index (Phi) is 4.87. The van der Waals surface area contributed by atoms with Crippen molar-refractivity contribution in [3.8, 4) is 11.1 Å². The number of aromatic amines is 1. The smallest absolute Gasteiger partial charge is 0.298 e. The van der Waals surface area contributed by atoms with E-state index in [4.69, 9.17) is 23.2 Å². The van der Waals surface area contributed by atoms with Crippen molar-refractivity contribution >= 4 is 44.8 Å². The van der Waals surface area contributed by atoms with E-state index in [1.54, 1.807) is 24.3 Å². The number of nitrogens with zero attached hydrogens (tertiary/aromatic N) is 1. The van der Waals surface area contributed by atoms with Crippen molar-refractivity contribution in [3.63, 3.8) is 0 Å². The van der Waals surface area contributed by atoms with Gasteiger partial charge in [-0.15, -0.1) is 11.3 Å². The minimum Gasteiger partial charge on any atom is -0.298 e. The van der Waals surface area contributed by atoms with Crippen LogP contribution in [0, 0.1) is 12.7 Å². The molecule has 2 aromatic heterocycles. The van der Waals surface area contributed by atoms with E-state index in [9.17, 15) is 14.0 Å². The number of H-pyrrole nitrogens is 1. The zero-order chi connectivity index (χ0) is 20.0. The third-order valence-electron chi connectivity index (χ3n) is 4.45. The first-order valence-electron chi connectivity index (χ1n) is 8.31. The van der Waals surface area contributed by atoms with Crippen LogP contribution in [0.1, 0.15) is 10.4 Å². The Labute approximate surface area is 172 Å². The summed E-state index contributed by atoms with van der Waals surface area (Å²) in [4.78, 5) is 29.8. The lowest BCUT2D eigenvalue weighted by Gasteiger charge is -2.07. The molecule has 2 heterocycles. The summed E-state index contributed by atoms with van der Waals surface area (Å²) in [5.41, 5.74) is 0.986. The monoisotopic (exact) mass is 434 g/mol. The Hall–Kier alpha value is -2.41. The van der Waals surface area contributed by atoms with E-state index in [2.05, 4.69) is 4.98 Å². The number of aryl methyl sites for hydroxylation is 1. The molecule has 0 saturated carbocycles. The molecular weight excluding hydrogens is 422 g/mol. The van der Waals surface area contributed by atoms with Gasteiger partial charge in [-0.3, -0.25) is 14.3 Å². The molecule has 142 valence electrons. The van der Waals surface area contributed by atoms with Crippen molar-refractivity contribution < 1.29 is 4.39 Å². The van der Waals surface area contributed by atoms with Crippen LogP contribution in [-0.4, -0.2) is 9.55 Å². The maximum atomic E-state index is 13.5. The molecule has 2 aromatic carbocycles. The van der Waals surface area contributed by atoms with Gasteiger partial charge >= 0.3 is 5.69 Å². The third-order valence-corrected chi connectivity index (χ3v) is 6.21. The van der Waals surface area contributed by atoms with Gasteiger partial charge in [-0.2, -0.15) is 0 Å². The average Bonchev–Trinajstić information content (AvgIpc) is 2.97. The van der Waals surface area contributed by atoms with Crippen LogP contribution in [0.5, 0.6) is 0 Å². The fourth-order valence-electron chi connectivity index (χ4n) is 3.19. The molecule has 0 aliphatic heterocycles. The summed E-state index contributed by atoms with van der Waals surface area (Å²) in [5.74, 6) is -0.425. The minimum absolute atomic E-state index is 0.0302. The number of benzene rings is 2. The summed E-state index contributed by atoms with van der Waals surface area (Å²) < 4.78 is 14.6. The maximum Gasteiger partial charge on any atom is 0.329 e. The molecule has 0 aliphatic rings. The van der Waals surface area contributed by atoms with E-state index < -0.39 is 17.1 Å². The largest absolute Gasteiger partial charge is 0.329 e. The molecular formula is C20H13Cl2FN2O2S. The van der Waals surface area contributed by atoms with Crippen molar-refractivity contribution in [1.29, 1.82) is 0 Å². The number of hydrogen-bond donors (Lipinski definition) is 1. The molecule has 0 fully saturated rings. The number of aromatic nitrogens is 2. The summed E-state index contributed by atoms with van der Waals surface area (Å²) >= 11 is 13.5. The highest BCUT2D eigenvalue weighted by Crippen LogP contribution is 2.37. The summed E-state index contributed by atoms with van der Waals surface area (Å²) in [6, 6.07) is 11.0. The highest BCUT2D eigenvalue weighted by Gasteiger charge is 2.19. The van der Waals surface area contributed by atoms with Crippen molar-refractivity contribution in [2.45, 2.75) is 13.5 Å². The molecule has 0 saturated heterocycles. The average molecular weight is 435 g/mol. The Morgan fingerprint density at radius 2 is 1.89 bits per heavy atom. The highest BCUT2D eigenvalue weighted by molar-refractivity contribution is 7.19. The second kappa shape index (κ2) is 7.20. The molecule has 1 N–H and O–H groups in total. The van der Waals surface area contributed by atoms with Crippen LogP contribution in [-0.2, 0) is 6.54 Å². The van der Waals surface area contributed by atoms with E-state index in [1.165, 1.54) is 29.5 Å². The second-order valence-corrected chi connectivity index (χ2v) is 8.36. The van der Waals surface area contributed by atoms with Crippen LogP contribution in [0.25, 0.3) is 21.3 Å². The SMILES string of the molecule is Cc1sc2[nH]c(=O)n(Cc3cccc(F)c3)c(=O)c2c1-c1ccc(Cl)c(Cl)c1. The molecule has 4 aromatic rings. The Morgan fingerprint density at radius 1 is 1.11 bits per heavy atom. The van der Waals surface area contributed by atoms with Crippen molar-refractivity contribution in [1.82, 2.24) is 9.55 Å². The van der Waals surface area contributed by atoms with Gasteiger partial charge < -0.3 is 0 Å². The third kappa shape index (κ3) is 3.28. The van der Waals surface area contributed by atoms with Gasteiger partial charge in [-0.05, 0) is 42.3 Å². The van der Waals surface area contributed by atoms with Gasteiger partial charge in [0.2, 0.25) is 0 Å². The lowest BCUT2D eigenvalue weighted by Crippen LogP contribution is -2.35. The summed E-state index contributed by atoms with van der Waals surface area (Å²) in [6.45, 7) is 1.84. The first-order chi connectivity index (χ1) is 13.3. The number of nitrogens with one attached hydrogen (secondary N) is 1. The topological polar surface area (TPSA) is 54.9 Å². The molecule has 0 atom stereocenters. The quantitative estimate of drug-likeness (QED) is 0.480. The number of thiophene rings is 1. The van der Waals surface area contributed by atoms with Crippen molar-refractivity contribution in [2.24, 2.45) is 0 Å². The number of fused-ring (bicyclic) bond motifs is 1. The first kappa shape index (κ1) is 18.9. The lowest BCUT2D eigenvalue weighted by atomic mass is 10.0. The number of halogens is 3. The minimum atomic E-state index is -0.538. The molecule has 8 heteroatoms. The lowest BCUT2D eigenvalue weighted by molar-refractivity contribution is 0.621. The molecule has 0 amide bonds. The summed E-state index contributed by atoms with van der Waals surface area (Å²) in [6.07, 6.45) is 0. The van der Waals surface area contributed by atoms with Gasteiger partial charge in [0.1, 0.15) is 10.6 Å². The normalized spacial score (nSPS) is 11.3. The van der Waals surface area contributed by atoms with E-state index >= 15 is 0 Å². The van der Waals surface area contributed by atoms with Crippen molar-refractivity contribution in [2.75, 3.05) is 0 Å². The van der Waals surface area contributed by atoms with E-state index in [-0.39, 0.29) is 6.54 Å². The van der Waals surface area contributed by atoms with Crippen LogP contribution < -0.4 is 11.2 Å².